The Morgan fingerprint density at radius 2 is 1.62 bits per heavy atom. The minimum Gasteiger partial charge on any atom is -0.318 e. The van der Waals surface area contributed by atoms with Gasteiger partial charge in [-0.1, -0.05) is 35.4 Å². The van der Waals surface area contributed by atoms with Crippen LogP contribution in [0.2, 0.25) is 0 Å². The van der Waals surface area contributed by atoms with E-state index >= 15 is 0 Å². The quantitative estimate of drug-likeness (QED) is 0.281. The normalized spacial score (nSPS) is 23.8. The Kier molecular flexibility index (Phi) is 5.67. The van der Waals surface area contributed by atoms with Gasteiger partial charge in [0.2, 0.25) is 0 Å². The van der Waals surface area contributed by atoms with Gasteiger partial charge in [0.1, 0.15) is 0 Å². The second-order valence-electron chi connectivity index (χ2n) is 6.88. The molecule has 5 heteroatoms. The summed E-state index contributed by atoms with van der Waals surface area (Å²) >= 11 is 8.24. The fourth-order valence-electron chi connectivity index (χ4n) is 3.40. The number of imidazole rings is 1. The zero-order chi connectivity index (χ0) is 15.8. The summed E-state index contributed by atoms with van der Waals surface area (Å²) in [5.74, 6) is 0. The number of aromatic nitrogens is 2. The molecular formula is C16H26BIN2S. The van der Waals surface area contributed by atoms with Gasteiger partial charge >= 0.3 is 0 Å². The van der Waals surface area contributed by atoms with Crippen molar-refractivity contribution in [1.29, 1.82) is 0 Å². The van der Waals surface area contributed by atoms with Crippen LogP contribution in [-0.4, -0.2) is 20.3 Å². The third-order valence-corrected chi connectivity index (χ3v) is 5.64. The van der Waals surface area contributed by atoms with Crippen molar-refractivity contribution in [1.82, 2.24) is 9.13 Å². The molecule has 2 nitrogen and oxygen atoms in total. The Hall–Kier alpha value is 0.225. The summed E-state index contributed by atoms with van der Waals surface area (Å²) in [6, 6.07) is 0.799. The molecule has 21 heavy (non-hydrogen) atoms. The van der Waals surface area contributed by atoms with E-state index in [0.29, 0.717) is 12.1 Å². The number of nitrogens with zero attached hydrogens (tertiary/aromatic N) is 2. The second-order valence-corrected chi connectivity index (χ2v) is 9.39. The van der Waals surface area contributed by atoms with Crippen LogP contribution in [0, 0.1) is 4.77 Å². The van der Waals surface area contributed by atoms with Gasteiger partial charge in [-0.15, -0.1) is 0 Å². The van der Waals surface area contributed by atoms with Crippen LogP contribution >= 0.6 is 34.8 Å². The smallest absolute Gasteiger partial charge is 0.180 e. The number of hydrogen-bond donors (Lipinski definition) is 0. The maximum Gasteiger partial charge on any atom is 0.180 e. The van der Waals surface area contributed by atoms with Crippen molar-refractivity contribution < 1.29 is 0 Å². The molecule has 2 rings (SSSR count). The molecule has 1 heterocycles. The van der Waals surface area contributed by atoms with E-state index in [1.165, 1.54) is 30.7 Å². The topological polar surface area (TPSA) is 9.86 Å². The zero-order valence-corrected chi connectivity index (χ0v) is 16.6. The van der Waals surface area contributed by atoms with Crippen molar-refractivity contribution in [2.75, 3.05) is 0 Å². The van der Waals surface area contributed by atoms with E-state index in [9.17, 15) is 0 Å². The van der Waals surface area contributed by atoms with Crippen molar-refractivity contribution >= 4 is 42.7 Å². The third-order valence-electron chi connectivity index (χ3n) is 4.33. The molecule has 116 valence electrons. The number of hydrogen-bond acceptors (Lipinski definition) is 1. The van der Waals surface area contributed by atoms with Crippen LogP contribution in [0.25, 0.3) is 0 Å². The summed E-state index contributed by atoms with van der Waals surface area (Å²) in [7, 11) is 6.57. The summed E-state index contributed by atoms with van der Waals surface area (Å²) in [6.45, 7) is 8.90. The van der Waals surface area contributed by atoms with E-state index in [1.54, 1.807) is 0 Å². The summed E-state index contributed by atoms with van der Waals surface area (Å²) < 4.78 is 5.52. The highest BCUT2D eigenvalue weighted by molar-refractivity contribution is 14.1. The highest BCUT2D eigenvalue weighted by Gasteiger charge is 2.28. The monoisotopic (exact) mass is 416 g/mol. The first-order valence-corrected chi connectivity index (χ1v) is 9.55. The van der Waals surface area contributed by atoms with Gasteiger partial charge in [0.25, 0.3) is 0 Å². The van der Waals surface area contributed by atoms with E-state index in [0.717, 1.165) is 24.0 Å². The molecule has 0 bridgehead atoms. The lowest BCUT2D eigenvalue weighted by Crippen LogP contribution is -2.26. The predicted octanol–water partition coefficient (Wildman–Crippen LogP) is 5.14. The number of rotatable bonds is 2. The number of fused-ring (bicyclic) bond motifs is 1. The highest BCUT2D eigenvalue weighted by atomic mass is 127. The van der Waals surface area contributed by atoms with Crippen molar-refractivity contribution in [3.63, 3.8) is 0 Å². The molecule has 0 aliphatic heterocycles. The molecule has 0 amide bonds. The van der Waals surface area contributed by atoms with E-state index in [-0.39, 0.29) is 3.32 Å². The molecule has 1 aromatic rings. The van der Waals surface area contributed by atoms with E-state index in [1.807, 2.05) is 0 Å². The van der Waals surface area contributed by atoms with Crippen LogP contribution in [0.4, 0.5) is 0 Å². The van der Waals surface area contributed by atoms with Crippen molar-refractivity contribution in [2.45, 2.75) is 81.6 Å². The van der Waals surface area contributed by atoms with E-state index < -0.39 is 0 Å². The van der Waals surface area contributed by atoms with E-state index in [4.69, 9.17) is 20.1 Å². The maximum absolute atomic E-state index is 6.57. The van der Waals surface area contributed by atoms with Crippen molar-refractivity contribution in [3.8, 4) is 0 Å². The van der Waals surface area contributed by atoms with Crippen LogP contribution in [0.5, 0.6) is 0 Å². The van der Waals surface area contributed by atoms with Crippen LogP contribution in [0.1, 0.15) is 76.8 Å². The van der Waals surface area contributed by atoms with Gasteiger partial charge in [-0.05, 0) is 68.9 Å². The summed E-state index contributed by atoms with van der Waals surface area (Å²) in [6.07, 6.45) is 6.87. The molecule has 1 atom stereocenters. The molecule has 2 radical (unpaired) electrons. The summed E-state index contributed by atoms with van der Waals surface area (Å²) in [5, 5.41) is 0. The fraction of sp³-hybridized carbons (Fsp3) is 0.812. The van der Waals surface area contributed by atoms with Gasteiger partial charge in [0.15, 0.2) is 4.77 Å². The van der Waals surface area contributed by atoms with E-state index in [2.05, 4.69) is 59.4 Å². The van der Waals surface area contributed by atoms with Crippen LogP contribution < -0.4 is 0 Å². The predicted molar refractivity (Wildman–Crippen MR) is 102 cm³/mol. The van der Waals surface area contributed by atoms with Crippen molar-refractivity contribution in [2.24, 2.45) is 0 Å². The van der Waals surface area contributed by atoms with Gasteiger partial charge in [-0.2, -0.15) is 0 Å². The Bertz CT molecular complexity index is 557. The maximum atomic E-state index is 6.57. The highest BCUT2D eigenvalue weighted by Crippen LogP contribution is 2.34. The van der Waals surface area contributed by atoms with Crippen LogP contribution in [0.3, 0.4) is 0 Å². The SMILES string of the molecule is [B]C1(I)CCCCCc2c(n(C(C)C)c(=S)n2C(C)C)C1. The lowest BCUT2D eigenvalue weighted by atomic mass is 9.79. The molecule has 0 N–H and O–H groups in total. The summed E-state index contributed by atoms with van der Waals surface area (Å²) in [5.41, 5.74) is 2.81. The largest absolute Gasteiger partial charge is 0.318 e. The van der Waals surface area contributed by atoms with Crippen LogP contribution in [-0.2, 0) is 12.8 Å². The minimum atomic E-state index is -0.154. The Balaban J connectivity index is 2.65. The standard InChI is InChI=1S/C16H26BIN2S/c1-11(2)19-13-8-6-5-7-9-16(17,18)10-14(13)20(12(3)4)15(19)21/h11-12H,5-10H2,1-4H3. The average Bonchev–Trinajstić information content (AvgIpc) is 2.62. The molecule has 0 fully saturated rings. The molecule has 0 saturated carbocycles. The number of halogens is 1. The zero-order valence-electron chi connectivity index (χ0n) is 13.7. The molecule has 0 spiro atoms. The van der Waals surface area contributed by atoms with Gasteiger partial charge in [0.05, 0.1) is 7.85 Å². The Morgan fingerprint density at radius 3 is 2.19 bits per heavy atom. The molecular weight excluding hydrogens is 390 g/mol. The third kappa shape index (κ3) is 3.77. The first-order valence-electron chi connectivity index (χ1n) is 8.07. The van der Waals surface area contributed by atoms with Gasteiger partial charge in [0, 0.05) is 23.5 Å². The summed E-state index contributed by atoms with van der Waals surface area (Å²) in [4.78, 5) is 0. The molecule has 1 aliphatic rings. The molecule has 1 aromatic heterocycles. The first kappa shape index (κ1) is 17.6. The molecule has 0 aromatic carbocycles. The minimum absolute atomic E-state index is 0.154. The average molecular weight is 416 g/mol. The van der Waals surface area contributed by atoms with Crippen molar-refractivity contribution in [3.05, 3.63) is 16.2 Å². The van der Waals surface area contributed by atoms with Gasteiger partial charge < -0.3 is 9.13 Å². The Morgan fingerprint density at radius 1 is 1.05 bits per heavy atom. The van der Waals surface area contributed by atoms with Crippen LogP contribution in [0.15, 0.2) is 0 Å². The first-order chi connectivity index (χ1) is 9.74. The Labute approximate surface area is 149 Å². The van der Waals surface area contributed by atoms with Gasteiger partial charge in [-0.25, -0.2) is 0 Å². The molecule has 0 saturated heterocycles. The van der Waals surface area contributed by atoms with Gasteiger partial charge in [-0.3, -0.25) is 0 Å². The lowest BCUT2D eigenvalue weighted by molar-refractivity contribution is 0.516. The lowest BCUT2D eigenvalue weighted by Gasteiger charge is -2.24. The number of alkyl halides is 1. The molecule has 1 unspecified atom stereocenters. The fourth-order valence-corrected chi connectivity index (χ4v) is 4.78. The molecule has 1 aliphatic carbocycles. The second kappa shape index (κ2) is 6.77.